The van der Waals surface area contributed by atoms with Gasteiger partial charge in [-0.15, -0.1) is 10.2 Å². The lowest BCUT2D eigenvalue weighted by molar-refractivity contribution is -0.115. The highest BCUT2D eigenvalue weighted by molar-refractivity contribution is 5.93. The van der Waals surface area contributed by atoms with Crippen molar-refractivity contribution in [2.75, 3.05) is 37.5 Å². The van der Waals surface area contributed by atoms with Gasteiger partial charge in [0.15, 0.2) is 17.3 Å². The van der Waals surface area contributed by atoms with Crippen LogP contribution in [-0.4, -0.2) is 43.4 Å². The van der Waals surface area contributed by atoms with Crippen LogP contribution in [0.15, 0.2) is 54.6 Å². The fourth-order valence-corrected chi connectivity index (χ4v) is 4.09. The molecule has 0 aliphatic carbocycles. The maximum Gasteiger partial charge on any atom is 0.228 e. The van der Waals surface area contributed by atoms with Gasteiger partial charge in [-0.3, -0.25) is 4.79 Å². The van der Waals surface area contributed by atoms with Crippen molar-refractivity contribution in [2.45, 2.75) is 32.1 Å². The molecule has 1 amide bonds. The number of methoxy groups -OCH3 is 2. The molecule has 33 heavy (non-hydrogen) atoms. The lowest BCUT2D eigenvalue weighted by atomic mass is 10.1. The quantitative estimate of drug-likeness (QED) is 0.566. The number of nitrogens with one attached hydrogen (secondary N) is 1. The zero-order valence-electron chi connectivity index (χ0n) is 19.2. The monoisotopic (exact) mass is 446 g/mol. The number of carbonyl (C=O) groups excluding carboxylic acids is 1. The third kappa shape index (κ3) is 5.80. The molecule has 0 spiro atoms. The van der Waals surface area contributed by atoms with Crippen LogP contribution >= 0.6 is 0 Å². The summed E-state index contributed by atoms with van der Waals surface area (Å²) in [5.74, 6) is 2.06. The summed E-state index contributed by atoms with van der Waals surface area (Å²) in [6, 6.07) is 17.2. The Hall–Kier alpha value is -3.61. The smallest absolute Gasteiger partial charge is 0.228 e. The number of carbonyl (C=O) groups is 1. The molecule has 0 bridgehead atoms. The Kier molecular flexibility index (Phi) is 7.40. The second kappa shape index (κ2) is 10.8. The van der Waals surface area contributed by atoms with Crippen molar-refractivity contribution in [1.29, 1.82) is 0 Å². The highest BCUT2D eigenvalue weighted by atomic mass is 16.5. The Bertz CT molecular complexity index is 1080. The first kappa shape index (κ1) is 22.6. The molecule has 172 valence electrons. The molecule has 1 fully saturated rings. The molecule has 1 aliphatic heterocycles. The Morgan fingerprint density at radius 3 is 2.39 bits per heavy atom. The Balaban J connectivity index is 1.42. The van der Waals surface area contributed by atoms with Gasteiger partial charge in [-0.05, 0) is 54.8 Å². The molecule has 0 atom stereocenters. The van der Waals surface area contributed by atoms with Gasteiger partial charge in [0.1, 0.15) is 0 Å². The minimum Gasteiger partial charge on any atom is -0.493 e. The molecule has 1 N–H and O–H groups in total. The number of hydrogen-bond donors (Lipinski definition) is 1. The van der Waals surface area contributed by atoms with E-state index >= 15 is 0 Å². The van der Waals surface area contributed by atoms with Gasteiger partial charge in [0.05, 0.1) is 26.3 Å². The van der Waals surface area contributed by atoms with Crippen LogP contribution in [0.25, 0.3) is 11.3 Å². The molecular formula is C26H30N4O3. The van der Waals surface area contributed by atoms with Gasteiger partial charge in [0.25, 0.3) is 0 Å². The van der Waals surface area contributed by atoms with Crippen LogP contribution in [0.3, 0.4) is 0 Å². The predicted molar refractivity (Wildman–Crippen MR) is 130 cm³/mol. The van der Waals surface area contributed by atoms with Gasteiger partial charge < -0.3 is 19.7 Å². The van der Waals surface area contributed by atoms with Crippen molar-refractivity contribution in [2.24, 2.45) is 0 Å². The molecule has 1 aromatic heterocycles. The second-order valence-corrected chi connectivity index (χ2v) is 8.17. The van der Waals surface area contributed by atoms with Crippen molar-refractivity contribution in [3.8, 4) is 22.8 Å². The third-order valence-electron chi connectivity index (χ3n) is 5.84. The van der Waals surface area contributed by atoms with E-state index in [4.69, 9.17) is 9.47 Å². The third-order valence-corrected chi connectivity index (χ3v) is 5.84. The van der Waals surface area contributed by atoms with Crippen molar-refractivity contribution in [1.82, 2.24) is 10.2 Å². The molecule has 4 rings (SSSR count). The first-order chi connectivity index (χ1) is 16.2. The highest BCUT2D eigenvalue weighted by Gasteiger charge is 2.13. The van der Waals surface area contributed by atoms with Gasteiger partial charge in [0.2, 0.25) is 5.91 Å². The Morgan fingerprint density at radius 2 is 1.70 bits per heavy atom. The van der Waals surface area contributed by atoms with Gasteiger partial charge in [-0.25, -0.2) is 0 Å². The maximum absolute atomic E-state index is 12.6. The van der Waals surface area contributed by atoms with Crippen molar-refractivity contribution in [3.05, 3.63) is 60.2 Å². The van der Waals surface area contributed by atoms with E-state index in [9.17, 15) is 4.79 Å². The number of benzene rings is 2. The number of anilines is 2. The molecule has 1 aliphatic rings. The van der Waals surface area contributed by atoms with Gasteiger partial charge >= 0.3 is 0 Å². The van der Waals surface area contributed by atoms with Crippen LogP contribution in [0.4, 0.5) is 11.5 Å². The van der Waals surface area contributed by atoms with Gasteiger partial charge in [-0.1, -0.05) is 31.0 Å². The van der Waals surface area contributed by atoms with E-state index in [1.54, 1.807) is 20.3 Å². The van der Waals surface area contributed by atoms with E-state index in [1.807, 2.05) is 48.5 Å². The summed E-state index contributed by atoms with van der Waals surface area (Å²) in [6.45, 7) is 2.07. The normalized spacial score (nSPS) is 13.8. The number of rotatable bonds is 7. The molecule has 1 saturated heterocycles. The van der Waals surface area contributed by atoms with Crippen LogP contribution in [0.1, 0.15) is 31.2 Å². The zero-order valence-corrected chi connectivity index (χ0v) is 19.2. The number of nitrogens with zero attached hydrogens (tertiary/aromatic N) is 3. The molecular weight excluding hydrogens is 416 g/mol. The number of amides is 1. The second-order valence-electron chi connectivity index (χ2n) is 8.17. The average Bonchev–Trinajstić information content (AvgIpc) is 3.14. The average molecular weight is 447 g/mol. The number of aromatic nitrogens is 2. The summed E-state index contributed by atoms with van der Waals surface area (Å²) in [5, 5.41) is 11.9. The lowest BCUT2D eigenvalue weighted by Gasteiger charge is -2.20. The van der Waals surface area contributed by atoms with E-state index in [0.717, 1.165) is 41.4 Å². The largest absolute Gasteiger partial charge is 0.493 e. The topological polar surface area (TPSA) is 76.6 Å². The summed E-state index contributed by atoms with van der Waals surface area (Å²) in [4.78, 5) is 14.9. The van der Waals surface area contributed by atoms with E-state index in [1.165, 1.54) is 25.7 Å². The van der Waals surface area contributed by atoms with E-state index in [2.05, 4.69) is 20.4 Å². The fraction of sp³-hybridized carbons (Fsp3) is 0.346. The predicted octanol–water partition coefficient (Wildman–Crippen LogP) is 4.72. The summed E-state index contributed by atoms with van der Waals surface area (Å²) in [6.07, 6.45) is 5.21. The molecule has 3 aromatic rings. The van der Waals surface area contributed by atoms with Crippen molar-refractivity contribution >= 4 is 17.4 Å². The van der Waals surface area contributed by atoms with Crippen LogP contribution in [-0.2, 0) is 11.2 Å². The molecule has 2 aromatic carbocycles. The molecule has 2 heterocycles. The van der Waals surface area contributed by atoms with Crippen LogP contribution < -0.4 is 19.7 Å². The van der Waals surface area contributed by atoms with E-state index < -0.39 is 0 Å². The van der Waals surface area contributed by atoms with Crippen molar-refractivity contribution in [3.63, 3.8) is 0 Å². The highest BCUT2D eigenvalue weighted by Crippen LogP contribution is 2.28. The minimum absolute atomic E-state index is 0.109. The summed E-state index contributed by atoms with van der Waals surface area (Å²) < 4.78 is 10.6. The zero-order chi connectivity index (χ0) is 23.0. The van der Waals surface area contributed by atoms with Gasteiger partial charge in [-0.2, -0.15) is 0 Å². The number of ether oxygens (including phenoxy) is 2. The first-order valence-corrected chi connectivity index (χ1v) is 11.4. The van der Waals surface area contributed by atoms with E-state index in [0.29, 0.717) is 11.5 Å². The standard InChI is InChI=1S/C26H30N4O3/c1-32-23-12-10-19(16-24(23)33-2)17-26(31)27-21-9-7-8-20(18-21)22-11-13-25(29-28-22)30-14-5-3-4-6-15-30/h7-13,16,18H,3-6,14-15,17H2,1-2H3,(H,27,31). The lowest BCUT2D eigenvalue weighted by Crippen LogP contribution is -2.25. The fourth-order valence-electron chi connectivity index (χ4n) is 4.09. The Labute approximate surface area is 194 Å². The Morgan fingerprint density at radius 1 is 0.909 bits per heavy atom. The molecule has 7 heteroatoms. The van der Waals surface area contributed by atoms with Crippen LogP contribution in [0.2, 0.25) is 0 Å². The van der Waals surface area contributed by atoms with Crippen LogP contribution in [0, 0.1) is 0 Å². The molecule has 0 radical (unpaired) electrons. The summed E-state index contributed by atoms with van der Waals surface area (Å²) >= 11 is 0. The summed E-state index contributed by atoms with van der Waals surface area (Å²) in [5.41, 5.74) is 3.26. The van der Waals surface area contributed by atoms with Crippen LogP contribution in [0.5, 0.6) is 11.5 Å². The molecule has 0 unspecified atom stereocenters. The molecule has 7 nitrogen and oxygen atoms in total. The number of hydrogen-bond acceptors (Lipinski definition) is 6. The van der Waals surface area contributed by atoms with Crippen molar-refractivity contribution < 1.29 is 14.3 Å². The van der Waals surface area contributed by atoms with Gasteiger partial charge in [0, 0.05) is 24.3 Å². The maximum atomic E-state index is 12.6. The summed E-state index contributed by atoms with van der Waals surface area (Å²) in [7, 11) is 3.17. The molecule has 0 saturated carbocycles. The van der Waals surface area contributed by atoms with E-state index in [-0.39, 0.29) is 12.3 Å². The first-order valence-electron chi connectivity index (χ1n) is 11.4. The SMILES string of the molecule is COc1ccc(CC(=O)Nc2cccc(-c3ccc(N4CCCCCC4)nn3)c2)cc1OC. The minimum atomic E-state index is -0.109.